The second-order valence-corrected chi connectivity index (χ2v) is 13.4. The van der Waals surface area contributed by atoms with Crippen LogP contribution < -0.4 is 21.1 Å². The van der Waals surface area contributed by atoms with Crippen LogP contribution in [-0.4, -0.2) is 31.4 Å². The highest BCUT2D eigenvalue weighted by Gasteiger charge is 2.52. The first-order valence-electron chi connectivity index (χ1n) is 14.3. The number of aryl methyl sites for hydroxylation is 1. The van der Waals surface area contributed by atoms with Crippen LogP contribution in [0.2, 0.25) is 0 Å². The van der Waals surface area contributed by atoms with Crippen molar-refractivity contribution in [2.24, 2.45) is 5.41 Å². The third kappa shape index (κ3) is 5.05. The molecule has 0 spiro atoms. The molecule has 8 heteroatoms. The maximum absolute atomic E-state index is 15.4. The zero-order valence-corrected chi connectivity index (χ0v) is 25.3. The van der Waals surface area contributed by atoms with Gasteiger partial charge in [0, 0.05) is 24.1 Å². The van der Waals surface area contributed by atoms with Crippen LogP contribution in [0.15, 0.2) is 39.5 Å². The first kappa shape index (κ1) is 28.7. The van der Waals surface area contributed by atoms with Gasteiger partial charge in [0.2, 0.25) is 5.88 Å². The van der Waals surface area contributed by atoms with E-state index in [1.807, 2.05) is 66.7 Å². The topological polar surface area (TPSA) is 63.9 Å². The summed E-state index contributed by atoms with van der Waals surface area (Å²) in [6.45, 7) is 19.9. The van der Waals surface area contributed by atoms with Crippen LogP contribution in [0.3, 0.4) is 0 Å². The minimum absolute atomic E-state index is 0.0259. The molecule has 2 saturated heterocycles. The number of halogens is 1. The first-order valence-corrected chi connectivity index (χ1v) is 14.3. The van der Waals surface area contributed by atoms with Crippen LogP contribution in [0.5, 0.6) is 0 Å². The van der Waals surface area contributed by atoms with Crippen molar-refractivity contribution in [2.75, 3.05) is 23.3 Å². The second kappa shape index (κ2) is 9.91. The second-order valence-electron chi connectivity index (χ2n) is 13.4. The van der Waals surface area contributed by atoms with Crippen LogP contribution in [-0.2, 0) is 9.31 Å². The predicted molar refractivity (Wildman–Crippen MR) is 161 cm³/mol. The number of fused-ring (bicyclic) bond motifs is 1. The SMILES string of the molecule is Cc1cc([C@@H](C)Nc2c(F)cccc2B2OC(C)(C)C(C)(C)O2)c2oc(N3CCC(C)(C)CC3)c(C)c(=O)c2c1. The van der Waals surface area contributed by atoms with Crippen LogP contribution >= 0.6 is 0 Å². The summed E-state index contributed by atoms with van der Waals surface area (Å²) in [5, 5.41) is 3.92. The molecule has 0 radical (unpaired) electrons. The van der Waals surface area contributed by atoms with E-state index in [1.165, 1.54) is 6.07 Å². The summed E-state index contributed by atoms with van der Waals surface area (Å²) in [5.74, 6) is 0.235. The number of para-hydroxylation sites is 1. The number of nitrogens with zero attached hydrogens (tertiary/aromatic N) is 1. The molecule has 0 saturated carbocycles. The minimum atomic E-state index is -0.722. The average Bonchev–Trinajstić information content (AvgIpc) is 3.09. The zero-order chi connectivity index (χ0) is 29.2. The van der Waals surface area contributed by atoms with E-state index in [1.54, 1.807) is 6.07 Å². The minimum Gasteiger partial charge on any atom is -0.440 e. The maximum atomic E-state index is 15.4. The molecule has 0 aliphatic carbocycles. The normalized spacial score (nSPS) is 20.6. The lowest BCUT2D eigenvalue weighted by Gasteiger charge is -2.37. The molecule has 214 valence electrons. The fourth-order valence-corrected chi connectivity index (χ4v) is 5.65. The van der Waals surface area contributed by atoms with Gasteiger partial charge >= 0.3 is 7.12 Å². The van der Waals surface area contributed by atoms with Crippen molar-refractivity contribution in [2.45, 2.75) is 92.4 Å². The third-order valence-electron chi connectivity index (χ3n) is 9.15. The van der Waals surface area contributed by atoms with Crippen molar-refractivity contribution in [3.05, 3.63) is 63.1 Å². The van der Waals surface area contributed by atoms with Gasteiger partial charge in [0.15, 0.2) is 5.43 Å². The summed E-state index contributed by atoms with van der Waals surface area (Å²) in [6, 6.07) is 8.44. The zero-order valence-electron chi connectivity index (χ0n) is 25.3. The largest absolute Gasteiger partial charge is 0.497 e. The van der Waals surface area contributed by atoms with Gasteiger partial charge < -0.3 is 23.9 Å². The van der Waals surface area contributed by atoms with Gasteiger partial charge in [-0.2, -0.15) is 0 Å². The molecule has 0 amide bonds. The van der Waals surface area contributed by atoms with E-state index < -0.39 is 24.1 Å². The number of anilines is 2. The fraction of sp³-hybridized carbons (Fsp3) is 0.531. The molecule has 2 fully saturated rings. The summed E-state index contributed by atoms with van der Waals surface area (Å²) >= 11 is 0. The fourth-order valence-electron chi connectivity index (χ4n) is 5.65. The highest BCUT2D eigenvalue weighted by Crippen LogP contribution is 2.38. The first-order chi connectivity index (χ1) is 18.6. The average molecular weight is 549 g/mol. The molecular weight excluding hydrogens is 506 g/mol. The van der Waals surface area contributed by atoms with Gasteiger partial charge in [0.1, 0.15) is 11.4 Å². The van der Waals surface area contributed by atoms with Gasteiger partial charge in [-0.15, -0.1) is 0 Å². The van der Waals surface area contributed by atoms with E-state index in [4.69, 9.17) is 13.7 Å². The summed E-state index contributed by atoms with van der Waals surface area (Å²) in [5.41, 5.74) is 2.95. The Morgan fingerprint density at radius 3 is 2.25 bits per heavy atom. The third-order valence-corrected chi connectivity index (χ3v) is 9.15. The number of nitrogens with one attached hydrogen (secondary N) is 1. The molecule has 0 bridgehead atoms. The molecule has 1 N–H and O–H groups in total. The van der Waals surface area contributed by atoms with E-state index in [0.29, 0.717) is 33.6 Å². The van der Waals surface area contributed by atoms with Crippen molar-refractivity contribution in [3.63, 3.8) is 0 Å². The summed E-state index contributed by atoms with van der Waals surface area (Å²) < 4.78 is 34.5. The van der Waals surface area contributed by atoms with Gasteiger partial charge in [-0.3, -0.25) is 4.79 Å². The monoisotopic (exact) mass is 548 g/mol. The Morgan fingerprint density at radius 1 is 1.00 bits per heavy atom. The molecule has 3 aromatic rings. The van der Waals surface area contributed by atoms with E-state index in [9.17, 15) is 4.79 Å². The molecule has 40 heavy (non-hydrogen) atoms. The van der Waals surface area contributed by atoms with Crippen LogP contribution in [0.4, 0.5) is 16.0 Å². The van der Waals surface area contributed by atoms with E-state index in [0.717, 1.165) is 37.1 Å². The highest BCUT2D eigenvalue weighted by molar-refractivity contribution is 6.64. The molecule has 0 unspecified atom stereocenters. The summed E-state index contributed by atoms with van der Waals surface area (Å²) in [6.07, 6.45) is 2.06. The number of hydrogen-bond donors (Lipinski definition) is 1. The van der Waals surface area contributed by atoms with Crippen molar-refractivity contribution in [3.8, 4) is 0 Å². The number of benzene rings is 2. The Balaban J connectivity index is 1.55. The Kier molecular flexibility index (Phi) is 7.11. The molecule has 2 aliphatic rings. The molecule has 5 rings (SSSR count). The van der Waals surface area contributed by atoms with Gasteiger partial charge in [0.25, 0.3) is 0 Å². The standard InChI is InChI=1S/C32H42BFN2O4/c1-19-17-22(28-23(18-19)27(37)20(2)29(38-28)36-15-13-30(4,5)14-16-36)21(3)35-26-24(11-10-12-25(26)34)33-39-31(6,7)32(8,9)40-33/h10-12,17-18,21,35H,13-16H2,1-9H3/t21-/m1/s1. The highest BCUT2D eigenvalue weighted by atomic mass is 19.1. The molecule has 1 aromatic heterocycles. The van der Waals surface area contributed by atoms with Crippen LogP contribution in [0, 0.1) is 25.1 Å². The lowest BCUT2D eigenvalue weighted by molar-refractivity contribution is 0.00578. The summed E-state index contributed by atoms with van der Waals surface area (Å²) in [4.78, 5) is 15.8. The Bertz CT molecular complexity index is 1490. The number of rotatable bonds is 5. The number of hydrogen-bond acceptors (Lipinski definition) is 6. The molecule has 2 aromatic carbocycles. The molecular formula is C32H42BFN2O4. The molecule has 6 nitrogen and oxygen atoms in total. The van der Waals surface area contributed by atoms with Gasteiger partial charge in [-0.05, 0) is 84.4 Å². The van der Waals surface area contributed by atoms with Crippen molar-refractivity contribution in [1.29, 1.82) is 0 Å². The maximum Gasteiger partial charge on any atom is 0.497 e. The molecule has 1 atom stereocenters. The van der Waals surface area contributed by atoms with Gasteiger partial charge in [-0.25, -0.2) is 4.39 Å². The van der Waals surface area contributed by atoms with Crippen molar-refractivity contribution < 1.29 is 18.1 Å². The molecule has 2 aliphatic heterocycles. The van der Waals surface area contributed by atoms with Gasteiger partial charge in [0.05, 0.1) is 33.9 Å². The smallest absolute Gasteiger partial charge is 0.440 e. The lowest BCUT2D eigenvalue weighted by Crippen LogP contribution is -2.41. The lowest BCUT2D eigenvalue weighted by atomic mass is 9.77. The number of piperidine rings is 1. The van der Waals surface area contributed by atoms with E-state index in [-0.39, 0.29) is 16.9 Å². The van der Waals surface area contributed by atoms with E-state index in [2.05, 4.69) is 24.1 Å². The van der Waals surface area contributed by atoms with Crippen molar-refractivity contribution in [1.82, 2.24) is 0 Å². The van der Waals surface area contributed by atoms with Gasteiger partial charge in [-0.1, -0.05) is 32.0 Å². The predicted octanol–water partition coefficient (Wildman–Crippen LogP) is 6.65. The summed E-state index contributed by atoms with van der Waals surface area (Å²) in [7, 11) is -0.722. The Labute approximate surface area is 237 Å². The van der Waals surface area contributed by atoms with Crippen LogP contribution in [0.1, 0.15) is 84.0 Å². The Hall–Kier alpha value is -2.84. The molecule has 3 heterocycles. The van der Waals surface area contributed by atoms with Crippen molar-refractivity contribution >= 4 is 35.1 Å². The van der Waals surface area contributed by atoms with Crippen LogP contribution in [0.25, 0.3) is 11.0 Å². The quantitative estimate of drug-likeness (QED) is 0.361. The van der Waals surface area contributed by atoms with E-state index >= 15 is 4.39 Å². The Morgan fingerprint density at radius 2 is 1.62 bits per heavy atom.